The number of alkyl halides is 1. The van der Waals surface area contributed by atoms with E-state index in [4.69, 9.17) is 6.42 Å². The van der Waals surface area contributed by atoms with Crippen LogP contribution in [0.3, 0.4) is 0 Å². The number of hydrogen-bond acceptors (Lipinski definition) is 2. The highest BCUT2D eigenvalue weighted by molar-refractivity contribution is 5.68. The summed E-state index contributed by atoms with van der Waals surface area (Å²) in [6.07, 6.45) is 4.45. The van der Waals surface area contributed by atoms with Crippen LogP contribution in [0.5, 0.6) is 0 Å². The number of ether oxygens (including phenoxy) is 1. The van der Waals surface area contributed by atoms with E-state index >= 15 is 0 Å². The molecule has 0 rings (SSSR count). The molecule has 0 aromatic rings. The number of carbonyl (C=O) groups excluding carboxylic acids is 1. The van der Waals surface area contributed by atoms with Crippen LogP contribution in [0.15, 0.2) is 0 Å². The molecule has 0 aliphatic heterocycles. The molecule has 0 N–H and O–H groups in total. The maximum absolute atomic E-state index is 12.3. The fourth-order valence-electron chi connectivity index (χ4n) is 0.611. The summed E-state index contributed by atoms with van der Waals surface area (Å²) < 4.78 is 16.7. The Bertz CT molecular complexity index is 160. The number of terminal acetylenes is 1. The Labute approximate surface area is 65.7 Å². The molecule has 0 bridgehead atoms. The maximum Gasteiger partial charge on any atom is 0.305 e. The number of carbonyl (C=O) groups is 1. The molecule has 0 fully saturated rings. The zero-order chi connectivity index (χ0) is 8.69. The number of rotatable bonds is 4. The van der Waals surface area contributed by atoms with Crippen molar-refractivity contribution in [2.45, 2.75) is 25.4 Å². The Morgan fingerprint density at radius 1 is 1.82 bits per heavy atom. The van der Waals surface area contributed by atoms with Gasteiger partial charge in [0, 0.05) is 6.42 Å². The van der Waals surface area contributed by atoms with Crippen molar-refractivity contribution in [2.75, 3.05) is 7.11 Å². The topological polar surface area (TPSA) is 26.3 Å². The average Bonchev–Trinajstić information content (AvgIpc) is 2.04. The highest BCUT2D eigenvalue weighted by Gasteiger charge is 2.04. The van der Waals surface area contributed by atoms with Crippen molar-refractivity contribution in [3.05, 3.63) is 0 Å². The third-order valence-electron chi connectivity index (χ3n) is 1.25. The van der Waals surface area contributed by atoms with Crippen molar-refractivity contribution < 1.29 is 13.9 Å². The van der Waals surface area contributed by atoms with Crippen LogP contribution >= 0.6 is 0 Å². The predicted octanol–water partition coefficient (Wildman–Crippen LogP) is 1.30. The molecule has 0 aliphatic rings. The van der Waals surface area contributed by atoms with Gasteiger partial charge in [-0.3, -0.25) is 4.79 Å². The molecule has 0 spiro atoms. The van der Waals surface area contributed by atoms with Crippen molar-refractivity contribution >= 4 is 5.97 Å². The van der Waals surface area contributed by atoms with E-state index in [1.54, 1.807) is 0 Å². The van der Waals surface area contributed by atoms with Gasteiger partial charge in [0.25, 0.3) is 0 Å². The first kappa shape index (κ1) is 9.96. The van der Waals surface area contributed by atoms with E-state index in [0.717, 1.165) is 0 Å². The van der Waals surface area contributed by atoms with E-state index in [1.165, 1.54) is 7.11 Å². The number of esters is 1. The monoisotopic (exact) mass is 158 g/mol. The smallest absolute Gasteiger partial charge is 0.305 e. The van der Waals surface area contributed by atoms with Gasteiger partial charge < -0.3 is 4.74 Å². The van der Waals surface area contributed by atoms with E-state index in [0.29, 0.717) is 6.42 Å². The first-order valence-corrected chi connectivity index (χ1v) is 3.37. The molecule has 0 unspecified atom stereocenters. The molecule has 0 aliphatic carbocycles. The quantitative estimate of drug-likeness (QED) is 0.455. The van der Waals surface area contributed by atoms with Crippen LogP contribution in [0.25, 0.3) is 0 Å². The second kappa shape index (κ2) is 5.72. The van der Waals surface area contributed by atoms with Crippen LogP contribution in [-0.2, 0) is 9.53 Å². The lowest BCUT2D eigenvalue weighted by molar-refractivity contribution is -0.140. The van der Waals surface area contributed by atoms with E-state index in [1.807, 2.05) is 5.92 Å². The number of hydrogen-bond donors (Lipinski definition) is 0. The summed E-state index contributed by atoms with van der Waals surface area (Å²) in [4.78, 5) is 10.5. The minimum Gasteiger partial charge on any atom is -0.469 e. The van der Waals surface area contributed by atoms with Crippen LogP contribution < -0.4 is 0 Å². The third kappa shape index (κ3) is 5.41. The SMILES string of the molecule is C#C[C@@H](F)CCCC(=O)OC. The molecule has 0 saturated carbocycles. The van der Waals surface area contributed by atoms with Crippen molar-refractivity contribution in [3.63, 3.8) is 0 Å². The summed E-state index contributed by atoms with van der Waals surface area (Å²) in [5, 5.41) is 0. The molecule has 0 heterocycles. The lowest BCUT2D eigenvalue weighted by Crippen LogP contribution is -2.02. The average molecular weight is 158 g/mol. The first-order valence-electron chi connectivity index (χ1n) is 3.37. The van der Waals surface area contributed by atoms with Gasteiger partial charge in [-0.2, -0.15) is 0 Å². The molecule has 1 atom stereocenters. The van der Waals surface area contributed by atoms with Gasteiger partial charge in [-0.05, 0) is 12.8 Å². The summed E-state index contributed by atoms with van der Waals surface area (Å²) >= 11 is 0. The van der Waals surface area contributed by atoms with Gasteiger partial charge in [0.1, 0.15) is 0 Å². The molecule has 0 amide bonds. The van der Waals surface area contributed by atoms with Crippen LogP contribution in [0.1, 0.15) is 19.3 Å². The largest absolute Gasteiger partial charge is 0.469 e. The lowest BCUT2D eigenvalue weighted by atomic mass is 10.2. The minimum atomic E-state index is -1.24. The summed E-state index contributed by atoms with van der Waals surface area (Å²) in [6.45, 7) is 0. The van der Waals surface area contributed by atoms with Crippen LogP contribution in [-0.4, -0.2) is 19.3 Å². The van der Waals surface area contributed by atoms with Gasteiger partial charge in [-0.1, -0.05) is 5.92 Å². The molecule has 0 saturated heterocycles. The normalized spacial score (nSPS) is 11.7. The van der Waals surface area contributed by atoms with Crippen molar-refractivity contribution in [1.82, 2.24) is 0 Å². The standard InChI is InChI=1S/C8H11FO2/c1-3-7(9)5-4-6-8(10)11-2/h1,7H,4-6H2,2H3/t7-/m1/s1. The Morgan fingerprint density at radius 2 is 2.45 bits per heavy atom. The molecule has 3 heteroatoms. The summed E-state index contributed by atoms with van der Waals surface area (Å²) in [5.74, 6) is 1.61. The van der Waals surface area contributed by atoms with E-state index < -0.39 is 6.17 Å². The van der Waals surface area contributed by atoms with Crippen LogP contribution in [0.2, 0.25) is 0 Å². The van der Waals surface area contributed by atoms with E-state index in [-0.39, 0.29) is 18.8 Å². The molecule has 0 aromatic carbocycles. The molecular weight excluding hydrogens is 147 g/mol. The maximum atomic E-state index is 12.3. The van der Waals surface area contributed by atoms with E-state index in [9.17, 15) is 9.18 Å². The highest BCUT2D eigenvalue weighted by atomic mass is 19.1. The Hall–Kier alpha value is -1.04. The van der Waals surface area contributed by atoms with Gasteiger partial charge in [-0.25, -0.2) is 4.39 Å². The van der Waals surface area contributed by atoms with Crippen molar-refractivity contribution in [3.8, 4) is 12.3 Å². The van der Waals surface area contributed by atoms with Crippen LogP contribution in [0, 0.1) is 12.3 Å². The van der Waals surface area contributed by atoms with Gasteiger partial charge >= 0.3 is 5.97 Å². The first-order chi connectivity index (χ1) is 5.20. The minimum absolute atomic E-state index is 0.228. The van der Waals surface area contributed by atoms with Gasteiger partial charge in [0.2, 0.25) is 0 Å². The van der Waals surface area contributed by atoms with Gasteiger partial charge in [-0.15, -0.1) is 6.42 Å². The fraction of sp³-hybridized carbons (Fsp3) is 0.625. The highest BCUT2D eigenvalue weighted by Crippen LogP contribution is 2.03. The Balaban J connectivity index is 3.29. The molecule has 2 nitrogen and oxygen atoms in total. The predicted molar refractivity (Wildman–Crippen MR) is 39.6 cm³/mol. The summed E-state index contributed by atoms with van der Waals surface area (Å²) in [5.41, 5.74) is 0. The van der Waals surface area contributed by atoms with Crippen molar-refractivity contribution in [1.29, 1.82) is 0 Å². The molecular formula is C8H11FO2. The zero-order valence-corrected chi connectivity index (χ0v) is 6.47. The summed E-state index contributed by atoms with van der Waals surface area (Å²) in [7, 11) is 1.30. The molecule has 0 radical (unpaired) electrons. The van der Waals surface area contributed by atoms with Crippen LogP contribution in [0.4, 0.5) is 4.39 Å². The molecule has 62 valence electrons. The molecule has 0 aromatic heterocycles. The lowest BCUT2D eigenvalue weighted by Gasteiger charge is -1.99. The fourth-order valence-corrected chi connectivity index (χ4v) is 0.611. The number of methoxy groups -OCH3 is 1. The number of halogens is 1. The Morgan fingerprint density at radius 3 is 2.91 bits per heavy atom. The van der Waals surface area contributed by atoms with E-state index in [2.05, 4.69) is 4.74 Å². The zero-order valence-electron chi connectivity index (χ0n) is 6.47. The molecule has 11 heavy (non-hydrogen) atoms. The summed E-state index contributed by atoms with van der Waals surface area (Å²) in [6, 6.07) is 0. The second-order valence-corrected chi connectivity index (χ2v) is 2.10. The van der Waals surface area contributed by atoms with Gasteiger partial charge in [0.15, 0.2) is 6.17 Å². The third-order valence-corrected chi connectivity index (χ3v) is 1.25. The second-order valence-electron chi connectivity index (χ2n) is 2.10. The van der Waals surface area contributed by atoms with Gasteiger partial charge in [0.05, 0.1) is 7.11 Å². The Kier molecular flexibility index (Phi) is 5.18. The van der Waals surface area contributed by atoms with Crippen molar-refractivity contribution in [2.24, 2.45) is 0 Å².